The van der Waals surface area contributed by atoms with Crippen LogP contribution in [0, 0.1) is 16.0 Å². The maximum absolute atomic E-state index is 11.6. The van der Waals surface area contributed by atoms with Crippen molar-refractivity contribution < 1.29 is 19.6 Å². The Kier molecular flexibility index (Phi) is 5.65. The Balaban J connectivity index is 2.46. The molecule has 0 aliphatic rings. The average Bonchev–Trinajstić information content (AvgIpc) is 2.44. The van der Waals surface area contributed by atoms with Crippen molar-refractivity contribution in [3.05, 3.63) is 39.9 Å². The molecule has 2 unspecified atom stereocenters. The number of benzene rings is 1. The van der Waals surface area contributed by atoms with Gasteiger partial charge in [0.2, 0.25) is 0 Å². The Labute approximate surface area is 121 Å². The highest BCUT2D eigenvalue weighted by Crippen LogP contribution is 2.11. The minimum Gasteiger partial charge on any atom is -0.481 e. The van der Waals surface area contributed by atoms with E-state index in [0.717, 1.165) is 0 Å². The number of nitrogens with one attached hydrogen (secondary N) is 2. The summed E-state index contributed by atoms with van der Waals surface area (Å²) < 4.78 is 0. The van der Waals surface area contributed by atoms with Crippen molar-refractivity contribution in [1.29, 1.82) is 0 Å². The first-order valence-electron chi connectivity index (χ1n) is 6.31. The summed E-state index contributed by atoms with van der Waals surface area (Å²) >= 11 is 0. The monoisotopic (exact) mass is 295 g/mol. The molecule has 21 heavy (non-hydrogen) atoms. The van der Waals surface area contributed by atoms with Crippen molar-refractivity contribution in [2.75, 3.05) is 0 Å². The summed E-state index contributed by atoms with van der Waals surface area (Å²) in [6.45, 7) is 3.30. The fourth-order valence-electron chi connectivity index (χ4n) is 1.51. The highest BCUT2D eigenvalue weighted by Gasteiger charge is 2.20. The third kappa shape index (κ3) is 5.09. The van der Waals surface area contributed by atoms with E-state index < -0.39 is 28.9 Å². The standard InChI is InChI=1S/C13H17N3O5/c1-8(12(17)18)9(2)15-13(19)14-7-10-3-5-11(6-4-10)16(20)21/h3-6,8-9H,7H2,1-2H3,(H,17,18)(H2,14,15,19). The van der Waals surface area contributed by atoms with Crippen LogP contribution in [0.25, 0.3) is 0 Å². The second-order valence-corrected chi connectivity index (χ2v) is 4.67. The molecule has 3 N–H and O–H groups in total. The van der Waals surface area contributed by atoms with E-state index in [1.807, 2.05) is 0 Å². The number of hydrogen-bond donors (Lipinski definition) is 3. The summed E-state index contributed by atoms with van der Waals surface area (Å²) in [7, 11) is 0. The summed E-state index contributed by atoms with van der Waals surface area (Å²) in [5.41, 5.74) is 0.682. The number of nitro groups is 1. The highest BCUT2D eigenvalue weighted by atomic mass is 16.6. The van der Waals surface area contributed by atoms with Crippen LogP contribution in [0.2, 0.25) is 0 Å². The third-order valence-corrected chi connectivity index (χ3v) is 3.10. The van der Waals surface area contributed by atoms with Gasteiger partial charge in [-0.15, -0.1) is 0 Å². The Bertz CT molecular complexity index is 529. The van der Waals surface area contributed by atoms with Gasteiger partial charge in [0.1, 0.15) is 0 Å². The Morgan fingerprint density at radius 1 is 1.29 bits per heavy atom. The topological polar surface area (TPSA) is 122 Å². The van der Waals surface area contributed by atoms with Gasteiger partial charge in [0.15, 0.2) is 0 Å². The molecule has 114 valence electrons. The number of nitro benzene ring substituents is 1. The molecule has 0 radical (unpaired) electrons. The Hall–Kier alpha value is -2.64. The molecule has 2 amide bonds. The predicted octanol–water partition coefficient (Wildman–Crippen LogP) is 1.50. The number of rotatable bonds is 6. The molecule has 0 heterocycles. The lowest BCUT2D eigenvalue weighted by Gasteiger charge is -2.18. The minimum atomic E-state index is -0.988. The van der Waals surface area contributed by atoms with Crippen LogP contribution in [-0.4, -0.2) is 28.1 Å². The van der Waals surface area contributed by atoms with Gasteiger partial charge >= 0.3 is 12.0 Å². The summed E-state index contributed by atoms with van der Waals surface area (Å²) in [6.07, 6.45) is 0. The quantitative estimate of drug-likeness (QED) is 0.542. The lowest BCUT2D eigenvalue weighted by Crippen LogP contribution is -2.44. The lowest BCUT2D eigenvalue weighted by atomic mass is 10.0. The van der Waals surface area contributed by atoms with Gasteiger partial charge in [0.25, 0.3) is 5.69 Å². The first-order valence-corrected chi connectivity index (χ1v) is 6.31. The molecule has 1 aromatic carbocycles. The van der Waals surface area contributed by atoms with Gasteiger partial charge in [-0.05, 0) is 19.4 Å². The van der Waals surface area contributed by atoms with Crippen LogP contribution >= 0.6 is 0 Å². The number of hydrogen-bond acceptors (Lipinski definition) is 4. The number of carbonyl (C=O) groups is 2. The van der Waals surface area contributed by atoms with Gasteiger partial charge in [0.05, 0.1) is 10.8 Å². The Morgan fingerprint density at radius 3 is 2.33 bits per heavy atom. The normalized spacial score (nSPS) is 13.0. The molecular weight excluding hydrogens is 278 g/mol. The molecule has 0 spiro atoms. The number of carboxylic acids is 1. The van der Waals surface area contributed by atoms with Gasteiger partial charge in [-0.1, -0.05) is 12.1 Å². The van der Waals surface area contributed by atoms with E-state index in [9.17, 15) is 19.7 Å². The van der Waals surface area contributed by atoms with E-state index in [4.69, 9.17) is 5.11 Å². The molecule has 0 saturated heterocycles. The minimum absolute atomic E-state index is 0.0212. The van der Waals surface area contributed by atoms with Crippen LogP contribution in [-0.2, 0) is 11.3 Å². The zero-order valence-electron chi connectivity index (χ0n) is 11.7. The largest absolute Gasteiger partial charge is 0.481 e. The predicted molar refractivity (Wildman–Crippen MR) is 74.7 cm³/mol. The van der Waals surface area contributed by atoms with Crippen molar-refractivity contribution in [2.45, 2.75) is 26.4 Å². The molecule has 2 atom stereocenters. The zero-order chi connectivity index (χ0) is 16.0. The summed E-state index contributed by atoms with van der Waals surface area (Å²) in [5, 5.41) is 24.4. The van der Waals surface area contributed by atoms with E-state index in [2.05, 4.69) is 10.6 Å². The summed E-state index contributed by atoms with van der Waals surface area (Å²) in [6, 6.07) is 4.78. The van der Waals surface area contributed by atoms with Gasteiger partial charge in [-0.25, -0.2) is 4.79 Å². The third-order valence-electron chi connectivity index (χ3n) is 3.10. The zero-order valence-corrected chi connectivity index (χ0v) is 11.7. The number of non-ortho nitro benzene ring substituents is 1. The van der Waals surface area contributed by atoms with Gasteiger partial charge < -0.3 is 15.7 Å². The van der Waals surface area contributed by atoms with Crippen LogP contribution < -0.4 is 10.6 Å². The van der Waals surface area contributed by atoms with Crippen molar-refractivity contribution in [3.63, 3.8) is 0 Å². The SMILES string of the molecule is CC(NC(=O)NCc1ccc([N+](=O)[O-])cc1)C(C)C(=O)O. The first-order chi connectivity index (χ1) is 9.81. The number of amides is 2. The number of aliphatic carboxylic acids is 1. The molecule has 1 aromatic rings. The first kappa shape index (κ1) is 16.4. The van der Waals surface area contributed by atoms with E-state index >= 15 is 0 Å². The molecule has 0 saturated carbocycles. The molecule has 8 heteroatoms. The van der Waals surface area contributed by atoms with Crippen molar-refractivity contribution in [1.82, 2.24) is 10.6 Å². The van der Waals surface area contributed by atoms with Gasteiger partial charge in [-0.2, -0.15) is 0 Å². The van der Waals surface area contributed by atoms with Crippen LogP contribution in [0.1, 0.15) is 19.4 Å². The maximum Gasteiger partial charge on any atom is 0.315 e. The second kappa shape index (κ2) is 7.22. The number of nitrogens with zero attached hydrogens (tertiary/aromatic N) is 1. The smallest absolute Gasteiger partial charge is 0.315 e. The van der Waals surface area contributed by atoms with Crippen LogP contribution in [0.5, 0.6) is 0 Å². The van der Waals surface area contributed by atoms with Crippen molar-refractivity contribution in [2.24, 2.45) is 5.92 Å². The van der Waals surface area contributed by atoms with Crippen LogP contribution in [0.3, 0.4) is 0 Å². The number of carboxylic acid groups (broad SMARTS) is 1. The van der Waals surface area contributed by atoms with E-state index in [1.165, 1.54) is 19.1 Å². The molecule has 0 aromatic heterocycles. The molecule has 0 fully saturated rings. The maximum atomic E-state index is 11.6. The molecule has 0 aliphatic carbocycles. The average molecular weight is 295 g/mol. The van der Waals surface area contributed by atoms with E-state index in [-0.39, 0.29) is 12.2 Å². The highest BCUT2D eigenvalue weighted by molar-refractivity contribution is 5.76. The fourth-order valence-corrected chi connectivity index (χ4v) is 1.51. The molecular formula is C13H17N3O5. The lowest BCUT2D eigenvalue weighted by molar-refractivity contribution is -0.384. The second-order valence-electron chi connectivity index (χ2n) is 4.67. The van der Waals surface area contributed by atoms with Crippen molar-refractivity contribution >= 4 is 17.7 Å². The fraction of sp³-hybridized carbons (Fsp3) is 0.385. The van der Waals surface area contributed by atoms with Gasteiger partial charge in [-0.3, -0.25) is 14.9 Å². The number of urea groups is 1. The number of carbonyl (C=O) groups excluding carboxylic acids is 1. The summed E-state index contributed by atoms with van der Waals surface area (Å²) in [4.78, 5) is 32.4. The molecule has 8 nitrogen and oxygen atoms in total. The summed E-state index contributed by atoms with van der Waals surface area (Å²) in [5.74, 6) is -1.69. The van der Waals surface area contributed by atoms with Crippen molar-refractivity contribution in [3.8, 4) is 0 Å². The Morgan fingerprint density at radius 2 is 1.86 bits per heavy atom. The molecule has 0 aliphatic heterocycles. The van der Waals surface area contributed by atoms with Gasteiger partial charge in [0, 0.05) is 24.7 Å². The van der Waals surface area contributed by atoms with E-state index in [0.29, 0.717) is 5.56 Å². The molecule has 1 rings (SSSR count). The van der Waals surface area contributed by atoms with Crippen LogP contribution in [0.15, 0.2) is 24.3 Å². The van der Waals surface area contributed by atoms with E-state index in [1.54, 1.807) is 19.1 Å². The van der Waals surface area contributed by atoms with Crippen LogP contribution in [0.4, 0.5) is 10.5 Å². The molecule has 0 bridgehead atoms.